The number of anilines is 1. The SMILES string of the molecule is COC(=O)C(Cc1ccccc1)Nc1cc(C2=CC=C(c3ccc(OC)cc3)CC2C)ncn1. The molecule has 6 nitrogen and oxygen atoms in total. The second-order valence-corrected chi connectivity index (χ2v) is 8.35. The molecule has 1 aliphatic rings. The highest BCUT2D eigenvalue weighted by atomic mass is 16.5. The number of benzene rings is 2. The van der Waals surface area contributed by atoms with Crippen LogP contribution in [0, 0.1) is 5.92 Å². The molecular formula is C28H29N3O3. The third-order valence-corrected chi connectivity index (χ3v) is 6.04. The van der Waals surface area contributed by atoms with Gasteiger partial charge in [-0.05, 0) is 46.7 Å². The monoisotopic (exact) mass is 455 g/mol. The lowest BCUT2D eigenvalue weighted by molar-refractivity contribution is -0.141. The molecule has 0 radical (unpaired) electrons. The second kappa shape index (κ2) is 10.8. The highest BCUT2D eigenvalue weighted by Crippen LogP contribution is 2.36. The van der Waals surface area contributed by atoms with Crippen LogP contribution in [-0.4, -0.2) is 36.2 Å². The third kappa shape index (κ3) is 5.52. The summed E-state index contributed by atoms with van der Waals surface area (Å²) in [6.45, 7) is 2.20. The van der Waals surface area contributed by atoms with Gasteiger partial charge in [0.1, 0.15) is 23.9 Å². The highest BCUT2D eigenvalue weighted by Gasteiger charge is 2.22. The molecular weight excluding hydrogens is 426 g/mol. The lowest BCUT2D eigenvalue weighted by Gasteiger charge is -2.22. The lowest BCUT2D eigenvalue weighted by atomic mass is 9.84. The van der Waals surface area contributed by atoms with E-state index in [1.54, 1.807) is 7.11 Å². The molecule has 6 heteroatoms. The van der Waals surface area contributed by atoms with Crippen molar-refractivity contribution in [2.24, 2.45) is 5.92 Å². The number of rotatable bonds is 8. The molecule has 1 heterocycles. The average Bonchev–Trinajstić information content (AvgIpc) is 2.88. The molecule has 1 N–H and O–H groups in total. The van der Waals surface area contributed by atoms with Crippen LogP contribution < -0.4 is 10.1 Å². The zero-order valence-corrected chi connectivity index (χ0v) is 19.7. The number of ether oxygens (including phenoxy) is 2. The standard InChI is InChI=1S/C28H29N3O3/c1-19-15-22(21-9-12-23(33-2)13-10-21)11-14-24(19)25-17-27(30-18-29-25)31-26(28(32)34-3)16-20-7-5-4-6-8-20/h4-14,17-19,26H,15-16H2,1-3H3,(H,29,30,31). The zero-order chi connectivity index (χ0) is 23.9. The normalized spacial score (nSPS) is 16.1. The molecule has 2 atom stereocenters. The topological polar surface area (TPSA) is 73.3 Å². The molecule has 0 bridgehead atoms. The van der Waals surface area contributed by atoms with Gasteiger partial charge < -0.3 is 14.8 Å². The van der Waals surface area contributed by atoms with E-state index in [1.807, 2.05) is 48.5 Å². The maximum absolute atomic E-state index is 12.4. The molecule has 174 valence electrons. The quantitative estimate of drug-likeness (QED) is 0.472. The fourth-order valence-electron chi connectivity index (χ4n) is 4.18. The summed E-state index contributed by atoms with van der Waals surface area (Å²) in [6, 6.07) is 19.3. The molecule has 0 fully saturated rings. The van der Waals surface area contributed by atoms with Crippen LogP contribution >= 0.6 is 0 Å². The Hall–Kier alpha value is -3.93. The zero-order valence-electron chi connectivity index (χ0n) is 19.7. The van der Waals surface area contributed by atoms with E-state index in [-0.39, 0.29) is 11.9 Å². The summed E-state index contributed by atoms with van der Waals surface area (Å²) in [5.74, 6) is 1.39. The maximum Gasteiger partial charge on any atom is 0.328 e. The molecule has 0 saturated carbocycles. The van der Waals surface area contributed by atoms with Crippen molar-refractivity contribution >= 4 is 22.9 Å². The molecule has 1 aliphatic carbocycles. The summed E-state index contributed by atoms with van der Waals surface area (Å²) in [7, 11) is 3.07. The average molecular weight is 456 g/mol. The largest absolute Gasteiger partial charge is 0.497 e. The van der Waals surface area contributed by atoms with Gasteiger partial charge >= 0.3 is 5.97 Å². The lowest BCUT2D eigenvalue weighted by Crippen LogP contribution is -2.33. The van der Waals surface area contributed by atoms with Gasteiger partial charge in [0.05, 0.1) is 19.9 Å². The number of allylic oxidation sites excluding steroid dienone is 4. The molecule has 0 aliphatic heterocycles. The van der Waals surface area contributed by atoms with Gasteiger partial charge in [0.2, 0.25) is 0 Å². The van der Waals surface area contributed by atoms with Crippen LogP contribution in [0.1, 0.15) is 30.2 Å². The number of hydrogen-bond acceptors (Lipinski definition) is 6. The Kier molecular flexibility index (Phi) is 7.38. The van der Waals surface area contributed by atoms with E-state index < -0.39 is 6.04 Å². The number of nitrogens with zero attached hydrogens (tertiary/aromatic N) is 2. The molecule has 1 aromatic heterocycles. The summed E-state index contributed by atoms with van der Waals surface area (Å²) >= 11 is 0. The predicted molar refractivity (Wildman–Crippen MR) is 134 cm³/mol. The van der Waals surface area contributed by atoms with E-state index in [1.165, 1.54) is 24.6 Å². The predicted octanol–water partition coefficient (Wildman–Crippen LogP) is 5.19. The minimum Gasteiger partial charge on any atom is -0.497 e. The van der Waals surface area contributed by atoms with Gasteiger partial charge in [-0.3, -0.25) is 0 Å². The highest BCUT2D eigenvalue weighted by molar-refractivity contribution is 5.81. The number of aromatic nitrogens is 2. The van der Waals surface area contributed by atoms with Gasteiger partial charge in [0.15, 0.2) is 0 Å². The Morgan fingerprint density at radius 3 is 2.50 bits per heavy atom. The first-order valence-corrected chi connectivity index (χ1v) is 11.3. The van der Waals surface area contributed by atoms with Crippen LogP contribution in [0.5, 0.6) is 5.75 Å². The van der Waals surface area contributed by atoms with Gasteiger partial charge in [-0.2, -0.15) is 0 Å². The van der Waals surface area contributed by atoms with Crippen molar-refractivity contribution in [1.29, 1.82) is 0 Å². The van der Waals surface area contributed by atoms with Crippen molar-refractivity contribution in [1.82, 2.24) is 9.97 Å². The Balaban J connectivity index is 1.54. The molecule has 2 aromatic carbocycles. The van der Waals surface area contributed by atoms with E-state index in [0.717, 1.165) is 29.0 Å². The fraction of sp³-hybridized carbons (Fsp3) is 0.250. The minimum atomic E-state index is -0.547. The summed E-state index contributed by atoms with van der Waals surface area (Å²) in [5.41, 5.74) is 5.49. The molecule has 0 amide bonds. The van der Waals surface area contributed by atoms with Crippen LogP contribution in [0.15, 0.2) is 79.1 Å². The molecule has 3 aromatic rings. The third-order valence-electron chi connectivity index (χ3n) is 6.04. The van der Waals surface area contributed by atoms with Crippen molar-refractivity contribution in [2.45, 2.75) is 25.8 Å². The van der Waals surface area contributed by atoms with Crippen LogP contribution in [0.3, 0.4) is 0 Å². The van der Waals surface area contributed by atoms with Crippen molar-refractivity contribution < 1.29 is 14.3 Å². The Morgan fingerprint density at radius 2 is 1.82 bits per heavy atom. The Morgan fingerprint density at radius 1 is 1.06 bits per heavy atom. The number of methoxy groups -OCH3 is 2. The van der Waals surface area contributed by atoms with E-state index in [2.05, 4.69) is 46.5 Å². The van der Waals surface area contributed by atoms with Crippen LogP contribution in [0.25, 0.3) is 11.1 Å². The van der Waals surface area contributed by atoms with Crippen molar-refractivity contribution in [2.75, 3.05) is 19.5 Å². The maximum atomic E-state index is 12.4. The minimum absolute atomic E-state index is 0.283. The van der Waals surface area contributed by atoms with Gasteiger partial charge in [-0.25, -0.2) is 14.8 Å². The van der Waals surface area contributed by atoms with E-state index >= 15 is 0 Å². The first-order chi connectivity index (χ1) is 16.6. The van der Waals surface area contributed by atoms with Crippen molar-refractivity contribution in [3.63, 3.8) is 0 Å². The number of hydrogen-bond donors (Lipinski definition) is 1. The molecule has 0 spiro atoms. The Bertz CT molecular complexity index is 1190. The number of carbonyl (C=O) groups excluding carboxylic acids is 1. The van der Waals surface area contributed by atoms with Crippen LogP contribution in [-0.2, 0) is 16.0 Å². The number of esters is 1. The Labute approximate surface area is 200 Å². The first-order valence-electron chi connectivity index (χ1n) is 11.3. The van der Waals surface area contributed by atoms with E-state index in [0.29, 0.717) is 12.2 Å². The smallest absolute Gasteiger partial charge is 0.328 e. The molecule has 34 heavy (non-hydrogen) atoms. The van der Waals surface area contributed by atoms with Gasteiger partial charge in [0.25, 0.3) is 0 Å². The first kappa shape index (κ1) is 23.2. The second-order valence-electron chi connectivity index (χ2n) is 8.35. The van der Waals surface area contributed by atoms with Crippen molar-refractivity contribution in [3.8, 4) is 5.75 Å². The number of carbonyl (C=O) groups is 1. The fourth-order valence-corrected chi connectivity index (χ4v) is 4.18. The summed E-state index contributed by atoms with van der Waals surface area (Å²) in [5, 5.41) is 3.24. The summed E-state index contributed by atoms with van der Waals surface area (Å²) < 4.78 is 10.3. The van der Waals surface area contributed by atoms with Gasteiger partial charge in [-0.1, -0.05) is 61.5 Å². The number of nitrogens with one attached hydrogen (secondary N) is 1. The van der Waals surface area contributed by atoms with E-state index in [9.17, 15) is 4.79 Å². The van der Waals surface area contributed by atoms with Crippen LogP contribution in [0.4, 0.5) is 5.82 Å². The summed E-state index contributed by atoms with van der Waals surface area (Å²) in [4.78, 5) is 21.3. The molecule has 0 saturated heterocycles. The molecule has 4 rings (SSSR count). The van der Waals surface area contributed by atoms with Gasteiger partial charge in [0, 0.05) is 12.5 Å². The molecule has 2 unspecified atom stereocenters. The summed E-state index contributed by atoms with van der Waals surface area (Å²) in [6.07, 6.45) is 7.22. The van der Waals surface area contributed by atoms with E-state index in [4.69, 9.17) is 9.47 Å². The van der Waals surface area contributed by atoms with Crippen LogP contribution in [0.2, 0.25) is 0 Å². The van der Waals surface area contributed by atoms with Gasteiger partial charge in [-0.15, -0.1) is 0 Å². The van der Waals surface area contributed by atoms with Crippen molar-refractivity contribution in [3.05, 3.63) is 96.0 Å².